The molecule has 1 aromatic heterocycles. The van der Waals surface area contributed by atoms with E-state index in [1.165, 1.54) is 12.8 Å². The SMILES string of the molecule is O=C1CCC(N2Cc3cc(NCc4cnc(C5CC5)nc4)ccc3C2=O)C(=O)N1. The first kappa shape index (κ1) is 17.8. The van der Waals surface area contributed by atoms with Crippen LogP contribution in [0.4, 0.5) is 5.69 Å². The number of imide groups is 1. The second kappa shape index (κ2) is 6.95. The smallest absolute Gasteiger partial charge is 0.255 e. The number of benzene rings is 1. The van der Waals surface area contributed by atoms with E-state index in [0.717, 1.165) is 22.6 Å². The van der Waals surface area contributed by atoms with Crippen LogP contribution in [0.15, 0.2) is 30.6 Å². The number of amides is 3. The lowest BCUT2D eigenvalue weighted by atomic mass is 10.0. The van der Waals surface area contributed by atoms with Crippen molar-refractivity contribution >= 4 is 23.4 Å². The molecule has 1 saturated heterocycles. The van der Waals surface area contributed by atoms with Gasteiger partial charge in [0.05, 0.1) is 0 Å². The minimum absolute atomic E-state index is 0.162. The number of anilines is 1. The molecule has 1 unspecified atom stereocenters. The molecule has 3 heterocycles. The molecule has 1 aromatic carbocycles. The maximum Gasteiger partial charge on any atom is 0.255 e. The molecule has 2 fully saturated rings. The molecule has 148 valence electrons. The Morgan fingerprint density at radius 3 is 2.62 bits per heavy atom. The fourth-order valence-corrected chi connectivity index (χ4v) is 3.90. The summed E-state index contributed by atoms with van der Waals surface area (Å²) in [5, 5.41) is 5.67. The summed E-state index contributed by atoms with van der Waals surface area (Å²) in [5.74, 6) is 0.633. The highest BCUT2D eigenvalue weighted by Crippen LogP contribution is 2.37. The molecule has 1 atom stereocenters. The van der Waals surface area contributed by atoms with Gasteiger partial charge in [0.25, 0.3) is 5.91 Å². The lowest BCUT2D eigenvalue weighted by molar-refractivity contribution is -0.136. The Balaban J connectivity index is 1.25. The van der Waals surface area contributed by atoms with Gasteiger partial charge >= 0.3 is 0 Å². The molecule has 0 spiro atoms. The monoisotopic (exact) mass is 391 g/mol. The zero-order valence-corrected chi connectivity index (χ0v) is 15.9. The van der Waals surface area contributed by atoms with E-state index in [4.69, 9.17) is 0 Å². The number of nitrogens with zero attached hydrogens (tertiary/aromatic N) is 3. The fourth-order valence-electron chi connectivity index (χ4n) is 3.90. The molecule has 1 aliphatic carbocycles. The second-order valence-corrected chi connectivity index (χ2v) is 7.85. The number of rotatable bonds is 5. The van der Waals surface area contributed by atoms with Gasteiger partial charge in [-0.25, -0.2) is 9.97 Å². The third-order valence-electron chi connectivity index (χ3n) is 5.69. The van der Waals surface area contributed by atoms with Crippen molar-refractivity contribution in [1.82, 2.24) is 20.2 Å². The summed E-state index contributed by atoms with van der Waals surface area (Å²) in [6.07, 6.45) is 6.70. The molecular weight excluding hydrogens is 370 g/mol. The van der Waals surface area contributed by atoms with E-state index >= 15 is 0 Å². The van der Waals surface area contributed by atoms with Gasteiger partial charge in [-0.2, -0.15) is 0 Å². The van der Waals surface area contributed by atoms with Crippen LogP contribution in [0.25, 0.3) is 0 Å². The van der Waals surface area contributed by atoms with E-state index in [0.29, 0.717) is 31.0 Å². The molecule has 8 heteroatoms. The first-order chi connectivity index (χ1) is 14.1. The lowest BCUT2D eigenvalue weighted by Crippen LogP contribution is -2.52. The van der Waals surface area contributed by atoms with Crippen molar-refractivity contribution in [3.63, 3.8) is 0 Å². The highest BCUT2D eigenvalue weighted by atomic mass is 16.2. The van der Waals surface area contributed by atoms with Crippen molar-refractivity contribution in [2.24, 2.45) is 0 Å². The first-order valence-corrected chi connectivity index (χ1v) is 9.91. The molecule has 0 radical (unpaired) electrons. The van der Waals surface area contributed by atoms with Crippen molar-refractivity contribution in [2.45, 2.75) is 50.7 Å². The number of carbonyl (C=O) groups excluding carboxylic acids is 3. The second-order valence-electron chi connectivity index (χ2n) is 7.85. The van der Waals surface area contributed by atoms with Crippen LogP contribution in [0, 0.1) is 0 Å². The number of hydrogen-bond donors (Lipinski definition) is 2. The average molecular weight is 391 g/mol. The number of carbonyl (C=O) groups is 3. The highest BCUT2D eigenvalue weighted by Gasteiger charge is 2.39. The van der Waals surface area contributed by atoms with E-state index in [1.54, 1.807) is 11.0 Å². The van der Waals surface area contributed by atoms with Gasteiger partial charge in [0.1, 0.15) is 11.9 Å². The molecule has 2 aromatic rings. The minimum Gasteiger partial charge on any atom is -0.381 e. The van der Waals surface area contributed by atoms with Gasteiger partial charge < -0.3 is 10.2 Å². The maximum atomic E-state index is 12.7. The Hall–Kier alpha value is -3.29. The molecule has 1 saturated carbocycles. The van der Waals surface area contributed by atoms with Crippen molar-refractivity contribution < 1.29 is 14.4 Å². The van der Waals surface area contributed by atoms with E-state index < -0.39 is 11.9 Å². The van der Waals surface area contributed by atoms with Crippen LogP contribution >= 0.6 is 0 Å². The predicted molar refractivity (Wildman–Crippen MR) is 104 cm³/mol. The molecule has 29 heavy (non-hydrogen) atoms. The number of fused-ring (bicyclic) bond motifs is 1. The molecule has 2 aliphatic heterocycles. The third-order valence-corrected chi connectivity index (χ3v) is 5.69. The topological polar surface area (TPSA) is 104 Å². The zero-order chi connectivity index (χ0) is 20.0. The molecule has 3 aliphatic rings. The lowest BCUT2D eigenvalue weighted by Gasteiger charge is -2.29. The average Bonchev–Trinajstić information content (AvgIpc) is 3.52. The zero-order valence-electron chi connectivity index (χ0n) is 15.9. The van der Waals surface area contributed by atoms with Gasteiger partial charge in [0.15, 0.2) is 0 Å². The van der Waals surface area contributed by atoms with Gasteiger partial charge in [0.2, 0.25) is 11.8 Å². The Morgan fingerprint density at radius 1 is 1.10 bits per heavy atom. The Morgan fingerprint density at radius 2 is 1.90 bits per heavy atom. The molecule has 8 nitrogen and oxygen atoms in total. The van der Waals surface area contributed by atoms with Gasteiger partial charge in [0, 0.05) is 54.6 Å². The van der Waals surface area contributed by atoms with E-state index in [1.807, 2.05) is 24.5 Å². The quantitative estimate of drug-likeness (QED) is 0.752. The summed E-state index contributed by atoms with van der Waals surface area (Å²) >= 11 is 0. The Kier molecular flexibility index (Phi) is 4.26. The Bertz CT molecular complexity index is 1000. The standard InChI is InChI=1S/C21H21N5O3/c27-18-6-5-17(20(28)25-18)26-11-14-7-15(3-4-16(14)21(26)29)22-8-12-9-23-19(24-10-12)13-1-2-13/h3-4,7,9-10,13,17,22H,1-2,5-6,8,11H2,(H,25,27,28). The van der Waals surface area contributed by atoms with E-state index in [2.05, 4.69) is 20.6 Å². The summed E-state index contributed by atoms with van der Waals surface area (Å²) in [6.45, 7) is 0.962. The summed E-state index contributed by atoms with van der Waals surface area (Å²) in [6, 6.07) is 5.01. The van der Waals surface area contributed by atoms with Crippen molar-refractivity contribution in [1.29, 1.82) is 0 Å². The normalized spacial score (nSPS) is 21.2. The Labute approximate surface area is 167 Å². The van der Waals surface area contributed by atoms with E-state index in [-0.39, 0.29) is 18.2 Å². The van der Waals surface area contributed by atoms with Crippen molar-refractivity contribution in [3.8, 4) is 0 Å². The summed E-state index contributed by atoms with van der Waals surface area (Å²) < 4.78 is 0. The van der Waals surface area contributed by atoms with Crippen molar-refractivity contribution in [3.05, 3.63) is 53.1 Å². The van der Waals surface area contributed by atoms with Crippen molar-refractivity contribution in [2.75, 3.05) is 5.32 Å². The number of piperidine rings is 1. The minimum atomic E-state index is -0.592. The van der Waals surface area contributed by atoms with Crippen LogP contribution in [0.1, 0.15) is 58.9 Å². The first-order valence-electron chi connectivity index (χ1n) is 9.91. The molecule has 3 amide bonds. The highest BCUT2D eigenvalue weighted by molar-refractivity contribution is 6.05. The molecule has 2 N–H and O–H groups in total. The maximum absolute atomic E-state index is 12.7. The van der Waals surface area contributed by atoms with E-state index in [9.17, 15) is 14.4 Å². The van der Waals surface area contributed by atoms with Gasteiger partial charge in [-0.3, -0.25) is 19.7 Å². The van der Waals surface area contributed by atoms with Crippen LogP contribution in [0.2, 0.25) is 0 Å². The molecular formula is C21H21N5O3. The summed E-state index contributed by atoms with van der Waals surface area (Å²) in [7, 11) is 0. The fraction of sp³-hybridized carbons (Fsp3) is 0.381. The largest absolute Gasteiger partial charge is 0.381 e. The summed E-state index contributed by atoms with van der Waals surface area (Å²) in [4.78, 5) is 46.7. The van der Waals surface area contributed by atoms with Gasteiger partial charge in [-0.1, -0.05) is 0 Å². The molecule has 5 rings (SSSR count). The number of aromatic nitrogens is 2. The van der Waals surface area contributed by atoms with Crippen LogP contribution in [0.3, 0.4) is 0 Å². The van der Waals surface area contributed by atoms with Crippen LogP contribution in [0.5, 0.6) is 0 Å². The predicted octanol–water partition coefficient (Wildman–Crippen LogP) is 1.73. The van der Waals surface area contributed by atoms with Crippen LogP contribution < -0.4 is 10.6 Å². The van der Waals surface area contributed by atoms with Crippen LogP contribution in [-0.2, 0) is 22.7 Å². The molecule has 0 bridgehead atoms. The van der Waals surface area contributed by atoms with Crippen LogP contribution in [-0.4, -0.2) is 38.6 Å². The van der Waals surface area contributed by atoms with Gasteiger partial charge in [-0.15, -0.1) is 0 Å². The third kappa shape index (κ3) is 3.46. The number of hydrogen-bond acceptors (Lipinski definition) is 6. The summed E-state index contributed by atoms with van der Waals surface area (Å²) in [5.41, 5.74) is 3.38. The van der Waals surface area contributed by atoms with Gasteiger partial charge in [-0.05, 0) is 43.0 Å². The number of nitrogens with one attached hydrogen (secondary N) is 2.